The predicted octanol–water partition coefficient (Wildman–Crippen LogP) is 5.76. The van der Waals surface area contributed by atoms with Crippen LogP contribution in [0.25, 0.3) is 21.0 Å². The van der Waals surface area contributed by atoms with Crippen LogP contribution in [0.2, 0.25) is 0 Å². The molecule has 1 aliphatic carbocycles. The summed E-state index contributed by atoms with van der Waals surface area (Å²) in [5.41, 5.74) is 1.40. The molecule has 124 valence electrons. The van der Waals surface area contributed by atoms with Crippen molar-refractivity contribution in [1.29, 1.82) is 0 Å². The number of aryl methyl sites for hydroxylation is 1. The summed E-state index contributed by atoms with van der Waals surface area (Å²) in [6, 6.07) is 14.5. The highest BCUT2D eigenvalue weighted by Gasteiger charge is 2.23. The number of hydrogen-bond acceptors (Lipinski definition) is 4. The molecule has 2 aromatic carbocycles. The van der Waals surface area contributed by atoms with Crippen LogP contribution in [0.4, 0.5) is 0 Å². The summed E-state index contributed by atoms with van der Waals surface area (Å²) in [4.78, 5) is 11.4. The third kappa shape index (κ3) is 2.57. The van der Waals surface area contributed by atoms with Crippen LogP contribution in [0.15, 0.2) is 48.8 Å². The lowest BCUT2D eigenvalue weighted by Gasteiger charge is -2.18. The number of nitrogens with zero attached hydrogens (tertiary/aromatic N) is 2. The van der Waals surface area contributed by atoms with Gasteiger partial charge in [-0.3, -0.25) is 0 Å². The van der Waals surface area contributed by atoms with E-state index in [1.807, 2.05) is 12.1 Å². The molecule has 3 nitrogen and oxygen atoms in total. The highest BCUT2D eigenvalue weighted by atomic mass is 32.1. The Morgan fingerprint density at radius 2 is 1.96 bits per heavy atom. The van der Waals surface area contributed by atoms with E-state index in [-0.39, 0.29) is 0 Å². The van der Waals surface area contributed by atoms with Crippen molar-refractivity contribution in [2.24, 2.45) is 5.92 Å². The Morgan fingerprint density at radius 1 is 1.08 bits per heavy atom. The number of thiophene rings is 1. The van der Waals surface area contributed by atoms with Gasteiger partial charge in [-0.2, -0.15) is 0 Å². The normalized spacial score (nSPS) is 16.9. The van der Waals surface area contributed by atoms with Crippen LogP contribution in [-0.2, 0) is 12.8 Å². The second kappa shape index (κ2) is 5.81. The van der Waals surface area contributed by atoms with Crippen molar-refractivity contribution in [3.8, 4) is 11.6 Å². The molecule has 1 atom stereocenters. The van der Waals surface area contributed by atoms with E-state index in [1.165, 1.54) is 27.6 Å². The van der Waals surface area contributed by atoms with E-state index in [1.54, 1.807) is 17.7 Å². The number of rotatable bonds is 2. The smallest absolute Gasteiger partial charge is 0.231 e. The summed E-state index contributed by atoms with van der Waals surface area (Å²) in [6.07, 6.45) is 5.08. The number of ether oxygens (including phenoxy) is 1. The molecular weight excluding hydrogens is 328 g/mol. The maximum absolute atomic E-state index is 6.21. The molecule has 0 bridgehead atoms. The largest absolute Gasteiger partial charge is 0.438 e. The molecule has 0 radical (unpaired) electrons. The number of aromatic nitrogens is 2. The van der Waals surface area contributed by atoms with Crippen LogP contribution in [0.1, 0.15) is 23.8 Å². The van der Waals surface area contributed by atoms with E-state index < -0.39 is 0 Å². The Bertz CT molecular complexity index is 1090. The number of hydrogen-bond donors (Lipinski definition) is 0. The zero-order chi connectivity index (χ0) is 16.8. The van der Waals surface area contributed by atoms with Crippen molar-refractivity contribution in [2.75, 3.05) is 0 Å². The average Bonchev–Trinajstić information content (AvgIpc) is 3.00. The minimum Gasteiger partial charge on any atom is -0.438 e. The van der Waals surface area contributed by atoms with Crippen LogP contribution < -0.4 is 4.74 Å². The first kappa shape index (κ1) is 14.8. The maximum Gasteiger partial charge on any atom is 0.231 e. The van der Waals surface area contributed by atoms with Crippen LogP contribution in [-0.4, -0.2) is 9.97 Å². The zero-order valence-electron chi connectivity index (χ0n) is 14.0. The monoisotopic (exact) mass is 346 g/mol. The summed E-state index contributed by atoms with van der Waals surface area (Å²) < 4.78 is 6.21. The summed E-state index contributed by atoms with van der Waals surface area (Å²) >= 11 is 1.80. The van der Waals surface area contributed by atoms with E-state index in [0.717, 1.165) is 34.7 Å². The fraction of sp³-hybridized carbons (Fsp3) is 0.238. The molecule has 0 N–H and O–H groups in total. The van der Waals surface area contributed by atoms with Crippen LogP contribution in [0.3, 0.4) is 0 Å². The van der Waals surface area contributed by atoms with Gasteiger partial charge in [-0.25, -0.2) is 9.97 Å². The standard InChI is InChI=1S/C21H18N2OS/c1-13-6-9-17-18(10-13)25-21-19(17)20(22-12-23-21)24-16-8-7-14-4-2-3-5-15(14)11-16/h2-5,7-8,11-13H,6,9-10H2,1H3/t13-/m1/s1. The summed E-state index contributed by atoms with van der Waals surface area (Å²) in [7, 11) is 0. The minimum absolute atomic E-state index is 0.687. The number of benzene rings is 2. The molecule has 0 spiro atoms. The summed E-state index contributed by atoms with van der Waals surface area (Å²) in [5, 5.41) is 3.50. The SMILES string of the molecule is C[C@@H]1CCc2c(sc3ncnc(Oc4ccc5ccccc5c4)c23)C1. The molecule has 0 saturated heterocycles. The number of fused-ring (bicyclic) bond motifs is 4. The highest BCUT2D eigenvalue weighted by Crippen LogP contribution is 2.41. The fourth-order valence-electron chi connectivity index (χ4n) is 3.67. The fourth-order valence-corrected chi connectivity index (χ4v) is 5.01. The predicted molar refractivity (Wildman–Crippen MR) is 103 cm³/mol. The van der Waals surface area contributed by atoms with Gasteiger partial charge < -0.3 is 4.74 Å². The van der Waals surface area contributed by atoms with Gasteiger partial charge in [0.15, 0.2) is 0 Å². The van der Waals surface area contributed by atoms with Crippen molar-refractivity contribution in [3.05, 3.63) is 59.2 Å². The van der Waals surface area contributed by atoms with Gasteiger partial charge in [-0.05, 0) is 53.6 Å². The molecule has 2 aromatic heterocycles. The summed E-state index contributed by atoms with van der Waals surface area (Å²) in [6.45, 7) is 2.32. The first-order chi connectivity index (χ1) is 12.3. The van der Waals surface area contributed by atoms with Gasteiger partial charge in [-0.15, -0.1) is 11.3 Å². The molecule has 1 aliphatic rings. The average molecular weight is 346 g/mol. The Balaban J connectivity index is 1.60. The van der Waals surface area contributed by atoms with Crippen LogP contribution in [0, 0.1) is 5.92 Å². The van der Waals surface area contributed by atoms with E-state index in [4.69, 9.17) is 4.74 Å². The van der Waals surface area contributed by atoms with E-state index in [9.17, 15) is 0 Å². The lowest BCUT2D eigenvalue weighted by Crippen LogP contribution is -2.08. The molecule has 25 heavy (non-hydrogen) atoms. The Kier molecular flexibility index (Phi) is 3.45. The Labute approximate surface area is 150 Å². The molecule has 0 aliphatic heterocycles. The third-order valence-electron chi connectivity index (χ3n) is 4.99. The lowest BCUT2D eigenvalue weighted by atomic mass is 9.89. The van der Waals surface area contributed by atoms with Gasteiger partial charge in [0.1, 0.15) is 16.9 Å². The molecule has 2 heterocycles. The second-order valence-corrected chi connectivity index (χ2v) is 7.91. The van der Waals surface area contributed by atoms with Crippen molar-refractivity contribution in [3.63, 3.8) is 0 Å². The van der Waals surface area contributed by atoms with Crippen molar-refractivity contribution in [2.45, 2.75) is 26.2 Å². The van der Waals surface area contributed by atoms with Crippen molar-refractivity contribution < 1.29 is 4.74 Å². The van der Waals surface area contributed by atoms with E-state index >= 15 is 0 Å². The summed E-state index contributed by atoms with van der Waals surface area (Å²) in [5.74, 6) is 2.26. The van der Waals surface area contributed by atoms with Crippen molar-refractivity contribution in [1.82, 2.24) is 9.97 Å². The lowest BCUT2D eigenvalue weighted by molar-refractivity contribution is 0.467. The molecule has 0 unspecified atom stereocenters. The third-order valence-corrected chi connectivity index (χ3v) is 6.15. The topological polar surface area (TPSA) is 35.0 Å². The highest BCUT2D eigenvalue weighted by molar-refractivity contribution is 7.18. The minimum atomic E-state index is 0.687. The van der Waals surface area contributed by atoms with Gasteiger partial charge in [-0.1, -0.05) is 37.3 Å². The molecule has 4 aromatic rings. The van der Waals surface area contributed by atoms with E-state index in [2.05, 4.69) is 47.2 Å². The first-order valence-corrected chi connectivity index (χ1v) is 9.51. The van der Waals surface area contributed by atoms with Gasteiger partial charge in [0.2, 0.25) is 5.88 Å². The zero-order valence-corrected chi connectivity index (χ0v) is 14.8. The Hall–Kier alpha value is -2.46. The van der Waals surface area contributed by atoms with Gasteiger partial charge in [0.25, 0.3) is 0 Å². The molecule has 4 heteroatoms. The van der Waals surface area contributed by atoms with Crippen LogP contribution in [0.5, 0.6) is 11.6 Å². The molecule has 0 amide bonds. The van der Waals surface area contributed by atoms with E-state index in [0.29, 0.717) is 5.88 Å². The molecular formula is C21H18N2OS. The van der Waals surface area contributed by atoms with Gasteiger partial charge >= 0.3 is 0 Å². The first-order valence-electron chi connectivity index (χ1n) is 8.70. The quantitative estimate of drug-likeness (QED) is 0.463. The van der Waals surface area contributed by atoms with Gasteiger partial charge in [0, 0.05) is 4.88 Å². The maximum atomic E-state index is 6.21. The molecule has 0 fully saturated rings. The molecule has 5 rings (SSSR count). The van der Waals surface area contributed by atoms with Gasteiger partial charge in [0.05, 0.1) is 5.39 Å². The van der Waals surface area contributed by atoms with Crippen LogP contribution >= 0.6 is 11.3 Å². The molecule has 0 saturated carbocycles. The Morgan fingerprint density at radius 3 is 2.88 bits per heavy atom. The van der Waals surface area contributed by atoms with Crippen molar-refractivity contribution >= 4 is 32.3 Å². The second-order valence-electron chi connectivity index (χ2n) is 6.82.